The predicted octanol–water partition coefficient (Wildman–Crippen LogP) is 2.76. The van der Waals surface area contributed by atoms with E-state index in [0.717, 1.165) is 19.4 Å². The third-order valence-corrected chi connectivity index (χ3v) is 3.79. The summed E-state index contributed by atoms with van der Waals surface area (Å²) in [5.74, 6) is 1.12. The molecule has 1 amide bonds. The van der Waals surface area contributed by atoms with Crippen molar-refractivity contribution in [2.24, 2.45) is 0 Å². The number of nitrogens with one attached hydrogen (secondary N) is 1. The summed E-state index contributed by atoms with van der Waals surface area (Å²) in [6, 6.07) is 12.4. The van der Waals surface area contributed by atoms with Crippen LogP contribution in [0.5, 0.6) is 0 Å². The average molecular weight is 285 g/mol. The highest BCUT2D eigenvalue weighted by Gasteiger charge is 2.27. The molecule has 1 aromatic carbocycles. The van der Waals surface area contributed by atoms with Crippen molar-refractivity contribution >= 4 is 11.7 Å². The summed E-state index contributed by atoms with van der Waals surface area (Å²) >= 11 is 0. The van der Waals surface area contributed by atoms with E-state index in [1.165, 1.54) is 5.56 Å². The molecule has 0 saturated carbocycles. The lowest BCUT2D eigenvalue weighted by molar-refractivity contribution is -0.117. The van der Waals surface area contributed by atoms with E-state index in [1.54, 1.807) is 13.0 Å². The molecule has 1 N–H and O–H groups in total. The van der Waals surface area contributed by atoms with E-state index in [9.17, 15) is 4.79 Å². The van der Waals surface area contributed by atoms with E-state index in [4.69, 9.17) is 4.52 Å². The van der Waals surface area contributed by atoms with Crippen molar-refractivity contribution in [1.82, 2.24) is 10.1 Å². The third-order valence-electron chi connectivity index (χ3n) is 3.79. The van der Waals surface area contributed by atoms with E-state index in [1.807, 2.05) is 18.2 Å². The number of anilines is 1. The van der Waals surface area contributed by atoms with E-state index in [2.05, 4.69) is 27.5 Å². The van der Waals surface area contributed by atoms with Crippen molar-refractivity contribution in [3.05, 3.63) is 47.7 Å². The first kappa shape index (κ1) is 13.8. The van der Waals surface area contributed by atoms with Gasteiger partial charge in [-0.3, -0.25) is 9.69 Å². The molecule has 0 bridgehead atoms. The van der Waals surface area contributed by atoms with Crippen molar-refractivity contribution in [2.45, 2.75) is 25.8 Å². The number of benzene rings is 1. The lowest BCUT2D eigenvalue weighted by atomic mass is 10.0. The van der Waals surface area contributed by atoms with Crippen molar-refractivity contribution in [2.75, 3.05) is 18.4 Å². The lowest BCUT2D eigenvalue weighted by Gasteiger charge is -2.23. The Hall–Kier alpha value is -2.14. The fraction of sp³-hybridized carbons (Fsp3) is 0.375. The number of amides is 1. The van der Waals surface area contributed by atoms with Gasteiger partial charge in [0.25, 0.3) is 0 Å². The van der Waals surface area contributed by atoms with Crippen LogP contribution in [-0.4, -0.2) is 29.1 Å². The molecule has 3 rings (SSSR count). The summed E-state index contributed by atoms with van der Waals surface area (Å²) < 4.78 is 4.95. The first-order valence-corrected chi connectivity index (χ1v) is 7.24. The quantitative estimate of drug-likeness (QED) is 0.938. The fourth-order valence-corrected chi connectivity index (χ4v) is 2.86. The van der Waals surface area contributed by atoms with Crippen LogP contribution in [0, 0.1) is 6.92 Å². The molecule has 0 aliphatic carbocycles. The molecule has 1 saturated heterocycles. The molecular weight excluding hydrogens is 266 g/mol. The maximum absolute atomic E-state index is 12.1. The lowest BCUT2D eigenvalue weighted by Crippen LogP contribution is -2.33. The molecule has 2 aromatic rings. The Morgan fingerprint density at radius 2 is 2.24 bits per heavy atom. The average Bonchev–Trinajstić information content (AvgIpc) is 3.09. The van der Waals surface area contributed by atoms with Gasteiger partial charge < -0.3 is 9.84 Å². The Bertz CT molecular complexity index is 609. The zero-order chi connectivity index (χ0) is 14.7. The minimum atomic E-state index is -0.0499. The molecule has 2 heterocycles. The Balaban J connectivity index is 1.62. The SMILES string of the molecule is Cc1cc(NC(=O)CN2CCCC2c2ccccc2)no1. The van der Waals surface area contributed by atoms with Gasteiger partial charge in [-0.2, -0.15) is 0 Å². The number of carbonyl (C=O) groups is 1. The Morgan fingerprint density at radius 1 is 1.43 bits per heavy atom. The smallest absolute Gasteiger partial charge is 0.239 e. The van der Waals surface area contributed by atoms with Gasteiger partial charge in [0, 0.05) is 12.1 Å². The van der Waals surface area contributed by atoms with E-state index < -0.39 is 0 Å². The van der Waals surface area contributed by atoms with Crippen molar-refractivity contribution in [1.29, 1.82) is 0 Å². The van der Waals surface area contributed by atoms with Gasteiger partial charge in [0.1, 0.15) is 5.76 Å². The first-order chi connectivity index (χ1) is 10.2. The minimum Gasteiger partial charge on any atom is -0.360 e. The highest BCUT2D eigenvalue weighted by molar-refractivity contribution is 5.91. The Labute approximate surface area is 123 Å². The molecule has 1 aliphatic heterocycles. The van der Waals surface area contributed by atoms with Gasteiger partial charge in [-0.05, 0) is 31.9 Å². The maximum atomic E-state index is 12.1. The molecule has 1 atom stereocenters. The second-order valence-electron chi connectivity index (χ2n) is 5.41. The zero-order valence-corrected chi connectivity index (χ0v) is 12.1. The van der Waals surface area contributed by atoms with E-state index in [0.29, 0.717) is 24.2 Å². The summed E-state index contributed by atoms with van der Waals surface area (Å²) in [7, 11) is 0. The summed E-state index contributed by atoms with van der Waals surface area (Å²) in [6.07, 6.45) is 2.22. The standard InChI is InChI=1S/C16H19N3O2/c1-12-10-15(18-21-12)17-16(20)11-19-9-5-8-14(19)13-6-3-2-4-7-13/h2-4,6-7,10,14H,5,8-9,11H2,1H3,(H,17,18,20). The summed E-state index contributed by atoms with van der Waals surface area (Å²) in [5.41, 5.74) is 1.28. The van der Waals surface area contributed by atoms with Gasteiger partial charge in [-0.1, -0.05) is 35.5 Å². The third kappa shape index (κ3) is 3.31. The van der Waals surface area contributed by atoms with Crippen LogP contribution >= 0.6 is 0 Å². The second kappa shape index (κ2) is 6.10. The van der Waals surface area contributed by atoms with Crippen LogP contribution in [0.25, 0.3) is 0 Å². The molecule has 21 heavy (non-hydrogen) atoms. The Kier molecular flexibility index (Phi) is 4.01. The van der Waals surface area contributed by atoms with Gasteiger partial charge in [-0.15, -0.1) is 0 Å². The topological polar surface area (TPSA) is 58.4 Å². The molecule has 1 aliphatic rings. The van der Waals surface area contributed by atoms with Crippen LogP contribution in [0.1, 0.15) is 30.2 Å². The van der Waals surface area contributed by atoms with Crippen LogP contribution in [0.15, 0.2) is 40.9 Å². The maximum Gasteiger partial charge on any atom is 0.239 e. The molecule has 1 aromatic heterocycles. The highest BCUT2D eigenvalue weighted by Crippen LogP contribution is 2.31. The molecule has 1 unspecified atom stereocenters. The zero-order valence-electron chi connectivity index (χ0n) is 12.1. The van der Waals surface area contributed by atoms with Crippen molar-refractivity contribution in [3.8, 4) is 0 Å². The fourth-order valence-electron chi connectivity index (χ4n) is 2.86. The van der Waals surface area contributed by atoms with Crippen molar-refractivity contribution < 1.29 is 9.32 Å². The predicted molar refractivity (Wildman–Crippen MR) is 79.9 cm³/mol. The first-order valence-electron chi connectivity index (χ1n) is 7.24. The molecule has 5 nitrogen and oxygen atoms in total. The highest BCUT2D eigenvalue weighted by atomic mass is 16.5. The summed E-state index contributed by atoms with van der Waals surface area (Å²) in [5, 5.41) is 6.56. The minimum absolute atomic E-state index is 0.0499. The summed E-state index contributed by atoms with van der Waals surface area (Å²) in [6.45, 7) is 3.13. The van der Waals surface area contributed by atoms with E-state index >= 15 is 0 Å². The molecule has 1 fully saturated rings. The number of likely N-dealkylation sites (tertiary alicyclic amines) is 1. The van der Waals surface area contributed by atoms with Crippen LogP contribution in [0.4, 0.5) is 5.82 Å². The van der Waals surface area contributed by atoms with Gasteiger partial charge in [0.05, 0.1) is 6.54 Å². The number of rotatable bonds is 4. The number of hydrogen-bond acceptors (Lipinski definition) is 4. The number of nitrogens with zero attached hydrogens (tertiary/aromatic N) is 2. The molecule has 5 heteroatoms. The molecular formula is C16H19N3O2. The van der Waals surface area contributed by atoms with Crippen LogP contribution in [0.3, 0.4) is 0 Å². The van der Waals surface area contributed by atoms with Crippen LogP contribution < -0.4 is 5.32 Å². The van der Waals surface area contributed by atoms with Crippen molar-refractivity contribution in [3.63, 3.8) is 0 Å². The summed E-state index contributed by atoms with van der Waals surface area (Å²) in [4.78, 5) is 14.3. The van der Waals surface area contributed by atoms with Crippen LogP contribution in [0.2, 0.25) is 0 Å². The van der Waals surface area contributed by atoms with Crippen LogP contribution in [-0.2, 0) is 4.79 Å². The normalized spacial score (nSPS) is 18.8. The second-order valence-corrected chi connectivity index (χ2v) is 5.41. The number of aromatic nitrogens is 1. The van der Waals surface area contributed by atoms with Gasteiger partial charge in [-0.25, -0.2) is 0 Å². The monoisotopic (exact) mass is 285 g/mol. The number of aryl methyl sites for hydroxylation is 1. The molecule has 0 spiro atoms. The largest absolute Gasteiger partial charge is 0.360 e. The number of carbonyl (C=O) groups excluding carboxylic acids is 1. The molecule has 110 valence electrons. The van der Waals surface area contributed by atoms with E-state index in [-0.39, 0.29) is 5.91 Å². The van der Waals surface area contributed by atoms with Gasteiger partial charge in [0.15, 0.2) is 5.82 Å². The molecule has 0 radical (unpaired) electrons. The number of hydrogen-bond donors (Lipinski definition) is 1. The Morgan fingerprint density at radius 3 is 2.95 bits per heavy atom. The van der Waals surface area contributed by atoms with Gasteiger partial charge >= 0.3 is 0 Å². The van der Waals surface area contributed by atoms with Gasteiger partial charge in [0.2, 0.25) is 5.91 Å².